The van der Waals surface area contributed by atoms with Crippen LogP contribution in [0.4, 0.5) is 0 Å². The molecule has 0 spiro atoms. The predicted molar refractivity (Wildman–Crippen MR) is 55.5 cm³/mol. The standard InChI is InChI=1S/C6H8O7.4Na.2H3O4P/c7-3(8)1-6(13,5(11)12)2-4(9)10;;;;;2*1-5(2,3)4/h13H,1-2H2,(H,7,8)(H,9,10)(H,11,12);;;;;2*(H3,1,2,3,4)/q;4*+1;;/p-4. The summed E-state index contributed by atoms with van der Waals surface area (Å²) in [6, 6.07) is 0. The van der Waals surface area contributed by atoms with Gasteiger partial charge >= 0.3 is 126 Å². The monoisotopic (exact) mass is 476 g/mol. The van der Waals surface area contributed by atoms with E-state index in [1.54, 1.807) is 0 Å². The second-order valence-electron chi connectivity index (χ2n) is 3.42. The number of carbonyl (C=O) groups is 3. The van der Waals surface area contributed by atoms with Crippen LogP contribution in [0.3, 0.4) is 0 Å². The van der Waals surface area contributed by atoms with Crippen LogP contribution in [0.25, 0.3) is 0 Å². The van der Waals surface area contributed by atoms with Crippen LogP contribution in [0.2, 0.25) is 0 Å². The summed E-state index contributed by atoms with van der Waals surface area (Å²) in [6.07, 6.45) is -2.72. The summed E-state index contributed by atoms with van der Waals surface area (Å²) in [5.74, 6) is -5.98. The van der Waals surface area contributed by atoms with Crippen LogP contribution in [0.1, 0.15) is 12.8 Å². The molecule has 0 radical (unpaired) electrons. The molecular formula is C6H10Na4O15P2. The Labute approximate surface area is 240 Å². The van der Waals surface area contributed by atoms with Gasteiger partial charge in [0.15, 0.2) is 0 Å². The molecular weight excluding hydrogens is 466 g/mol. The zero-order chi connectivity index (χ0) is 19.6. The number of phosphoric acid groups is 2. The number of carbonyl (C=O) groups excluding carboxylic acids is 3. The van der Waals surface area contributed by atoms with Gasteiger partial charge in [-0.2, -0.15) is 0 Å². The van der Waals surface area contributed by atoms with Crippen LogP contribution in [0.5, 0.6) is 0 Å². The van der Waals surface area contributed by atoms with Crippen molar-refractivity contribution in [3.05, 3.63) is 0 Å². The summed E-state index contributed by atoms with van der Waals surface area (Å²) in [5.41, 5.74) is -2.97. The largest absolute Gasteiger partial charge is 1.00 e. The second kappa shape index (κ2) is 21.8. The SMILES string of the molecule is O=C([O-])CC(O)(CC(=O)[O-])C(=O)[O-].O=P(O)(O)O.O=P([O-])(O)O.[Na+].[Na+].[Na+].[Na+]. The van der Waals surface area contributed by atoms with Gasteiger partial charge in [-0.15, -0.1) is 0 Å². The molecule has 0 aliphatic heterocycles. The van der Waals surface area contributed by atoms with E-state index in [0.717, 1.165) is 0 Å². The van der Waals surface area contributed by atoms with Crippen molar-refractivity contribution in [1.29, 1.82) is 0 Å². The molecule has 0 amide bonds. The van der Waals surface area contributed by atoms with Crippen molar-refractivity contribution >= 4 is 33.6 Å². The van der Waals surface area contributed by atoms with Gasteiger partial charge in [-0.3, -0.25) is 4.57 Å². The molecule has 0 atom stereocenters. The first kappa shape index (κ1) is 47.4. The normalized spacial score (nSPS) is 9.59. The number of rotatable bonds is 5. The molecule has 0 aliphatic carbocycles. The molecule has 138 valence electrons. The van der Waals surface area contributed by atoms with Gasteiger partial charge in [0, 0.05) is 24.8 Å². The number of aliphatic hydroxyl groups is 1. The molecule has 0 saturated carbocycles. The molecule has 0 saturated heterocycles. The van der Waals surface area contributed by atoms with E-state index in [9.17, 15) is 29.7 Å². The first-order valence-electron chi connectivity index (χ1n) is 4.66. The summed E-state index contributed by atoms with van der Waals surface area (Å²) in [5, 5.41) is 38.9. The summed E-state index contributed by atoms with van der Waals surface area (Å²) < 4.78 is 17.7. The predicted octanol–water partition coefficient (Wildman–Crippen LogP) is -19.7. The maximum absolute atomic E-state index is 10.1. The van der Waals surface area contributed by atoms with Gasteiger partial charge < -0.3 is 64.2 Å². The van der Waals surface area contributed by atoms with Crippen molar-refractivity contribution in [2.24, 2.45) is 0 Å². The molecule has 0 aromatic heterocycles. The van der Waals surface area contributed by atoms with E-state index in [1.165, 1.54) is 0 Å². The van der Waals surface area contributed by atoms with E-state index in [2.05, 4.69) is 0 Å². The van der Waals surface area contributed by atoms with E-state index in [1.807, 2.05) is 0 Å². The zero-order valence-electron chi connectivity index (χ0n) is 14.7. The maximum Gasteiger partial charge on any atom is 1.00 e. The van der Waals surface area contributed by atoms with Gasteiger partial charge in [-0.1, -0.05) is 0 Å². The quantitative estimate of drug-likeness (QED) is 0.159. The van der Waals surface area contributed by atoms with Gasteiger partial charge in [-0.05, 0) is 0 Å². The van der Waals surface area contributed by atoms with Crippen LogP contribution < -0.4 is 138 Å². The van der Waals surface area contributed by atoms with E-state index in [4.69, 9.17) is 43.6 Å². The van der Waals surface area contributed by atoms with Gasteiger partial charge in [-0.25, -0.2) is 4.57 Å². The molecule has 21 heteroatoms. The van der Waals surface area contributed by atoms with E-state index in [0.29, 0.717) is 0 Å². The van der Waals surface area contributed by atoms with Crippen LogP contribution in [-0.4, -0.2) is 53.1 Å². The molecule has 0 aromatic carbocycles. The average Bonchev–Trinajstić information content (AvgIpc) is 2.07. The van der Waals surface area contributed by atoms with E-state index in [-0.39, 0.29) is 118 Å². The Morgan fingerprint density at radius 2 is 0.889 bits per heavy atom. The van der Waals surface area contributed by atoms with Crippen LogP contribution in [-0.2, 0) is 23.5 Å². The van der Waals surface area contributed by atoms with Crippen molar-refractivity contribution in [2.75, 3.05) is 0 Å². The van der Waals surface area contributed by atoms with Gasteiger partial charge in [0.1, 0.15) is 5.60 Å². The van der Waals surface area contributed by atoms with Gasteiger partial charge in [0.25, 0.3) is 7.82 Å². The maximum atomic E-state index is 10.1. The Bertz CT molecular complexity index is 462. The Morgan fingerprint density at radius 1 is 0.741 bits per heavy atom. The molecule has 0 aliphatic rings. The zero-order valence-corrected chi connectivity index (χ0v) is 24.5. The Hall–Kier alpha value is 2.59. The molecule has 6 N–H and O–H groups in total. The first-order valence-corrected chi connectivity index (χ1v) is 7.76. The average molecular weight is 476 g/mol. The molecule has 0 bridgehead atoms. The van der Waals surface area contributed by atoms with Crippen molar-refractivity contribution < 1.29 is 192 Å². The van der Waals surface area contributed by atoms with E-state index >= 15 is 0 Å². The van der Waals surface area contributed by atoms with Crippen LogP contribution >= 0.6 is 15.6 Å². The van der Waals surface area contributed by atoms with Crippen molar-refractivity contribution in [1.82, 2.24) is 0 Å². The van der Waals surface area contributed by atoms with Gasteiger partial charge in [0.2, 0.25) is 0 Å². The van der Waals surface area contributed by atoms with Crippen molar-refractivity contribution in [3.63, 3.8) is 0 Å². The second-order valence-corrected chi connectivity index (χ2v) is 5.43. The third-order valence-corrected chi connectivity index (χ3v) is 1.25. The molecule has 0 rings (SSSR count). The summed E-state index contributed by atoms with van der Waals surface area (Å²) in [4.78, 5) is 74.5. The third kappa shape index (κ3) is 58.5. The molecule has 15 nitrogen and oxygen atoms in total. The summed E-state index contributed by atoms with van der Waals surface area (Å²) in [6.45, 7) is 0. The summed E-state index contributed by atoms with van der Waals surface area (Å²) >= 11 is 0. The minimum atomic E-state index is -4.89. The van der Waals surface area contributed by atoms with Crippen LogP contribution in [0.15, 0.2) is 0 Å². The van der Waals surface area contributed by atoms with Gasteiger partial charge in [0.05, 0.1) is 5.97 Å². The third-order valence-electron chi connectivity index (χ3n) is 1.25. The van der Waals surface area contributed by atoms with Crippen molar-refractivity contribution in [3.8, 4) is 0 Å². The van der Waals surface area contributed by atoms with E-state index < -0.39 is 52.0 Å². The van der Waals surface area contributed by atoms with Crippen LogP contribution in [0, 0.1) is 0 Å². The Balaban J connectivity index is -0.0000000488. The number of hydrogen-bond acceptors (Lipinski definition) is 10. The topological polar surface area (TPSA) is 299 Å². The Kier molecular flexibility index (Phi) is 38.3. The molecule has 27 heavy (non-hydrogen) atoms. The first-order chi connectivity index (χ1) is 9.78. The number of hydrogen-bond donors (Lipinski definition) is 6. The fraction of sp³-hybridized carbons (Fsp3) is 0.500. The number of carboxylic acids is 3. The number of carboxylic acid groups (broad SMARTS) is 3. The molecule has 0 aromatic rings. The molecule has 0 unspecified atom stereocenters. The minimum absolute atomic E-state index is 0. The fourth-order valence-corrected chi connectivity index (χ4v) is 0.684. The molecule has 0 fully saturated rings. The molecule has 0 heterocycles. The minimum Gasteiger partial charge on any atom is -0.756 e. The van der Waals surface area contributed by atoms with Crippen molar-refractivity contribution in [2.45, 2.75) is 18.4 Å². The smallest absolute Gasteiger partial charge is 0.756 e. The Morgan fingerprint density at radius 3 is 0.963 bits per heavy atom. The fourth-order valence-electron chi connectivity index (χ4n) is 0.684. The summed E-state index contributed by atoms with van der Waals surface area (Å²) in [7, 11) is -9.53. The number of aliphatic carboxylic acids is 3.